The molecule has 3 aromatic heterocycles. The number of nitrogens with zero attached hydrogens (tertiary/aromatic N) is 4. The second-order valence-electron chi connectivity index (χ2n) is 6.97. The zero-order valence-electron chi connectivity index (χ0n) is 14.6. The minimum atomic E-state index is -0.240. The number of hydrogen-bond donors (Lipinski definition) is 1. The molecule has 0 saturated carbocycles. The first-order valence-electron chi connectivity index (χ1n) is 9.01. The van der Waals surface area contributed by atoms with Crippen molar-refractivity contribution in [3.05, 3.63) is 65.8 Å². The van der Waals surface area contributed by atoms with Crippen molar-refractivity contribution in [2.24, 2.45) is 0 Å². The number of fused-ring (bicyclic) bond motifs is 2. The van der Waals surface area contributed by atoms with Crippen LogP contribution >= 0.6 is 0 Å². The van der Waals surface area contributed by atoms with Crippen LogP contribution in [-0.4, -0.2) is 30.8 Å². The van der Waals surface area contributed by atoms with Gasteiger partial charge in [-0.2, -0.15) is 0 Å². The van der Waals surface area contributed by atoms with Crippen LogP contribution in [0.2, 0.25) is 0 Å². The summed E-state index contributed by atoms with van der Waals surface area (Å²) in [5.74, 6) is 1.69. The Kier molecular flexibility index (Phi) is 3.53. The Bertz CT molecular complexity index is 1100. The van der Waals surface area contributed by atoms with Gasteiger partial charge in [-0.25, -0.2) is 14.4 Å². The molecule has 0 unspecified atom stereocenters. The maximum Gasteiger partial charge on any atom is 0.125 e. The van der Waals surface area contributed by atoms with E-state index in [1.54, 1.807) is 6.07 Å². The average molecular weight is 349 g/mol. The molecule has 1 aromatic carbocycles. The average Bonchev–Trinajstić information content (AvgIpc) is 3.33. The molecular weight excluding hydrogens is 329 g/mol. The Morgan fingerprint density at radius 2 is 2.15 bits per heavy atom. The molecule has 1 fully saturated rings. The monoisotopic (exact) mass is 349 g/mol. The minimum Gasteiger partial charge on any atom is -0.341 e. The third kappa shape index (κ3) is 2.49. The number of pyridine rings is 1. The molecule has 26 heavy (non-hydrogen) atoms. The molecule has 0 aliphatic carbocycles. The quantitative estimate of drug-likeness (QED) is 0.608. The molecule has 1 saturated heterocycles. The van der Waals surface area contributed by atoms with E-state index < -0.39 is 0 Å². The molecule has 4 aromatic rings. The number of hydrogen-bond acceptors (Lipinski definition) is 3. The van der Waals surface area contributed by atoms with Gasteiger partial charge in [0, 0.05) is 12.7 Å². The fourth-order valence-corrected chi connectivity index (χ4v) is 4.06. The number of halogens is 1. The molecule has 0 bridgehead atoms. The highest BCUT2D eigenvalue weighted by atomic mass is 19.1. The summed E-state index contributed by atoms with van der Waals surface area (Å²) >= 11 is 0. The van der Waals surface area contributed by atoms with Crippen LogP contribution in [0.3, 0.4) is 0 Å². The van der Waals surface area contributed by atoms with Crippen molar-refractivity contribution in [1.29, 1.82) is 0 Å². The summed E-state index contributed by atoms with van der Waals surface area (Å²) in [7, 11) is 0. The number of aromatic amines is 1. The maximum atomic E-state index is 13.5. The second-order valence-corrected chi connectivity index (χ2v) is 6.97. The van der Waals surface area contributed by atoms with Gasteiger partial charge in [0.1, 0.15) is 17.5 Å². The van der Waals surface area contributed by atoms with Gasteiger partial charge in [-0.1, -0.05) is 6.07 Å². The van der Waals surface area contributed by atoms with Crippen molar-refractivity contribution in [2.75, 3.05) is 6.54 Å². The normalized spacial score (nSPS) is 18.3. The molecule has 0 radical (unpaired) electrons. The molecule has 0 amide bonds. The lowest BCUT2D eigenvalue weighted by Crippen LogP contribution is -2.23. The number of benzene rings is 1. The van der Waals surface area contributed by atoms with E-state index in [2.05, 4.69) is 32.6 Å². The summed E-state index contributed by atoms with van der Waals surface area (Å²) in [5, 5.41) is 0. The van der Waals surface area contributed by atoms with Crippen LogP contribution in [0.5, 0.6) is 0 Å². The standard InChI is InChI=1S/C20H20FN5/c1-13-22-17(18-5-2-3-10-26(13)18)12-25-9-4-6-19(25)20-23-15-8-7-14(21)11-16(15)24-20/h2-3,5,7-8,10-11,19H,4,6,9,12H2,1H3,(H,23,24)/t19-/m1/s1. The van der Waals surface area contributed by atoms with Gasteiger partial charge < -0.3 is 9.38 Å². The Balaban J connectivity index is 1.48. The molecule has 5 rings (SSSR count). The maximum absolute atomic E-state index is 13.5. The Morgan fingerprint density at radius 3 is 3.08 bits per heavy atom. The van der Waals surface area contributed by atoms with E-state index in [0.29, 0.717) is 0 Å². The highest BCUT2D eigenvalue weighted by molar-refractivity contribution is 5.75. The van der Waals surface area contributed by atoms with Crippen LogP contribution in [-0.2, 0) is 6.54 Å². The van der Waals surface area contributed by atoms with E-state index >= 15 is 0 Å². The van der Waals surface area contributed by atoms with Gasteiger partial charge in [-0.15, -0.1) is 0 Å². The molecule has 0 spiro atoms. The first-order valence-corrected chi connectivity index (χ1v) is 9.01. The molecular formula is C20H20FN5. The van der Waals surface area contributed by atoms with Crippen molar-refractivity contribution in [2.45, 2.75) is 32.4 Å². The van der Waals surface area contributed by atoms with Gasteiger partial charge in [0.25, 0.3) is 0 Å². The van der Waals surface area contributed by atoms with E-state index in [-0.39, 0.29) is 11.9 Å². The van der Waals surface area contributed by atoms with E-state index in [0.717, 1.165) is 59.8 Å². The van der Waals surface area contributed by atoms with Crippen LogP contribution in [0.4, 0.5) is 4.39 Å². The number of nitrogens with one attached hydrogen (secondary N) is 1. The number of aromatic nitrogens is 4. The largest absolute Gasteiger partial charge is 0.341 e. The van der Waals surface area contributed by atoms with Gasteiger partial charge >= 0.3 is 0 Å². The van der Waals surface area contributed by atoms with Gasteiger partial charge in [0.15, 0.2) is 0 Å². The van der Waals surface area contributed by atoms with E-state index in [1.165, 1.54) is 12.1 Å². The molecule has 1 aliphatic heterocycles. The zero-order chi connectivity index (χ0) is 17.7. The van der Waals surface area contributed by atoms with Crippen molar-refractivity contribution in [3.8, 4) is 0 Å². The SMILES string of the molecule is Cc1nc(CN2CCC[C@@H]2c2nc3ccc(F)cc3[nH]2)c2ccccn12. The van der Waals surface area contributed by atoms with Crippen molar-refractivity contribution >= 4 is 16.6 Å². The molecule has 1 aliphatic rings. The zero-order valence-corrected chi connectivity index (χ0v) is 14.6. The lowest BCUT2D eigenvalue weighted by atomic mass is 10.2. The van der Waals surface area contributed by atoms with Crippen LogP contribution < -0.4 is 0 Å². The van der Waals surface area contributed by atoms with Crippen molar-refractivity contribution in [3.63, 3.8) is 0 Å². The number of aryl methyl sites for hydroxylation is 1. The van der Waals surface area contributed by atoms with Crippen LogP contribution in [0.1, 0.15) is 36.2 Å². The number of rotatable bonds is 3. The molecule has 5 nitrogen and oxygen atoms in total. The lowest BCUT2D eigenvalue weighted by molar-refractivity contribution is 0.239. The Labute approximate surface area is 150 Å². The lowest BCUT2D eigenvalue weighted by Gasteiger charge is -2.22. The Morgan fingerprint density at radius 1 is 1.23 bits per heavy atom. The summed E-state index contributed by atoms with van der Waals surface area (Å²) < 4.78 is 15.6. The van der Waals surface area contributed by atoms with E-state index in [1.807, 2.05) is 13.0 Å². The summed E-state index contributed by atoms with van der Waals surface area (Å²) in [4.78, 5) is 15.2. The second kappa shape index (κ2) is 5.92. The van der Waals surface area contributed by atoms with E-state index in [4.69, 9.17) is 9.97 Å². The van der Waals surface area contributed by atoms with Crippen LogP contribution in [0.15, 0.2) is 42.6 Å². The smallest absolute Gasteiger partial charge is 0.125 e. The van der Waals surface area contributed by atoms with Crippen molar-refractivity contribution in [1.82, 2.24) is 24.3 Å². The highest BCUT2D eigenvalue weighted by Gasteiger charge is 2.29. The molecule has 132 valence electrons. The molecule has 6 heteroatoms. The fraction of sp³-hybridized carbons (Fsp3) is 0.300. The van der Waals surface area contributed by atoms with Crippen molar-refractivity contribution < 1.29 is 4.39 Å². The van der Waals surface area contributed by atoms with E-state index in [9.17, 15) is 4.39 Å². The first kappa shape index (κ1) is 15.5. The van der Waals surface area contributed by atoms with Gasteiger partial charge in [0.05, 0.1) is 28.3 Å². The predicted octanol–water partition coefficient (Wildman–Crippen LogP) is 4.00. The van der Waals surface area contributed by atoms with Gasteiger partial charge in [-0.05, 0) is 56.6 Å². The summed E-state index contributed by atoms with van der Waals surface area (Å²) in [6, 6.07) is 11.1. The third-order valence-corrected chi connectivity index (χ3v) is 5.30. The topological polar surface area (TPSA) is 49.2 Å². The highest BCUT2D eigenvalue weighted by Crippen LogP contribution is 2.33. The number of H-pyrrole nitrogens is 1. The van der Waals surface area contributed by atoms with Crippen LogP contribution in [0, 0.1) is 12.7 Å². The summed E-state index contributed by atoms with van der Waals surface area (Å²) in [6.07, 6.45) is 4.23. The summed E-state index contributed by atoms with van der Waals surface area (Å²) in [6.45, 7) is 3.84. The molecule has 1 atom stereocenters. The van der Waals surface area contributed by atoms with Crippen LogP contribution in [0.25, 0.3) is 16.6 Å². The predicted molar refractivity (Wildman–Crippen MR) is 98.4 cm³/mol. The first-order chi connectivity index (χ1) is 12.7. The number of imidazole rings is 2. The minimum absolute atomic E-state index is 0.214. The van der Waals surface area contributed by atoms with Gasteiger partial charge in [-0.3, -0.25) is 4.90 Å². The van der Waals surface area contributed by atoms with Gasteiger partial charge in [0.2, 0.25) is 0 Å². The molecule has 4 heterocycles. The molecule has 1 N–H and O–H groups in total. The Hall–Kier alpha value is -2.73. The third-order valence-electron chi connectivity index (χ3n) is 5.30. The summed E-state index contributed by atoms with van der Waals surface area (Å²) in [5.41, 5.74) is 3.83. The fourth-order valence-electron chi connectivity index (χ4n) is 4.06. The number of likely N-dealkylation sites (tertiary alicyclic amines) is 1.